The monoisotopic (exact) mass is 1050 g/mol. The highest BCUT2D eigenvalue weighted by Gasteiger charge is 2.61. The maximum Gasteiger partial charge on any atom is 0.296 e. The van der Waals surface area contributed by atoms with Crippen LogP contribution < -0.4 is 0 Å². The smallest absolute Gasteiger partial charge is 0.296 e. The van der Waals surface area contributed by atoms with Crippen molar-refractivity contribution in [3.63, 3.8) is 0 Å². The van der Waals surface area contributed by atoms with Crippen LogP contribution in [0.15, 0.2) is 81.6 Å². The quantitative estimate of drug-likeness (QED) is 0.135. The Morgan fingerprint density at radius 2 is 0.986 bits per heavy atom. The number of rotatable bonds is 8. The first kappa shape index (κ1) is 57.7. The fraction of sp³-hybridized carbons (Fsp3) is 0.738. The van der Waals surface area contributed by atoms with E-state index in [0.29, 0.717) is 52.9 Å². The molecule has 72 heavy (non-hydrogen) atoms. The van der Waals surface area contributed by atoms with Gasteiger partial charge in [-0.25, -0.2) is 8.42 Å². The molecule has 6 saturated carbocycles. The predicted molar refractivity (Wildman–Crippen MR) is 292 cm³/mol. The predicted octanol–water partition coefficient (Wildman–Crippen LogP) is 14.2. The molecule has 0 spiro atoms. The number of allylic oxidation sites excluding steroid dienone is 2. The lowest BCUT2D eigenvalue weighted by Gasteiger charge is -2.59. The van der Waals surface area contributed by atoms with E-state index in [1.165, 1.54) is 75.5 Å². The van der Waals surface area contributed by atoms with Crippen LogP contribution in [0.2, 0.25) is 0 Å². The number of aliphatic hydroxyl groups excluding tert-OH is 1. The average molecular weight is 1050 g/mol. The Balaban J connectivity index is 0.000000178. The van der Waals surface area contributed by atoms with Gasteiger partial charge in [-0.05, 0) is 236 Å². The summed E-state index contributed by atoms with van der Waals surface area (Å²) in [6.45, 7) is 22.9. The van der Waals surface area contributed by atoms with Gasteiger partial charge in [0.15, 0.2) is 0 Å². The first-order valence-electron chi connectivity index (χ1n) is 27.5. The molecule has 8 aliphatic rings. The van der Waals surface area contributed by atoms with E-state index in [-0.39, 0.29) is 40.6 Å². The molecule has 2 aromatic carbocycles. The number of fused-ring (bicyclic) bond motifs is 10. The number of hydrogen-bond donors (Lipinski definition) is 3. The van der Waals surface area contributed by atoms with Crippen LogP contribution in [0.3, 0.4) is 0 Å². The minimum Gasteiger partial charge on any atom is -0.396 e. The summed E-state index contributed by atoms with van der Waals surface area (Å²) in [6, 6.07) is 13.3. The molecule has 3 N–H and O–H groups in total. The number of aliphatic hydroxyl groups is 3. The summed E-state index contributed by atoms with van der Waals surface area (Å²) >= 11 is 0. The van der Waals surface area contributed by atoms with Crippen LogP contribution in [0.1, 0.15) is 177 Å². The van der Waals surface area contributed by atoms with Gasteiger partial charge in [-0.1, -0.05) is 108 Å². The summed E-state index contributed by atoms with van der Waals surface area (Å²) in [4.78, 5) is 0.389. The lowest BCUT2D eigenvalue weighted by molar-refractivity contribution is -0.0723. The van der Waals surface area contributed by atoms with E-state index in [2.05, 4.69) is 53.7 Å². The van der Waals surface area contributed by atoms with Crippen LogP contribution in [0.25, 0.3) is 0 Å². The van der Waals surface area contributed by atoms with Crippen LogP contribution in [0.4, 0.5) is 0 Å². The maximum atomic E-state index is 12.8. The molecular formula is C61H93ClO8S2. The van der Waals surface area contributed by atoms with Gasteiger partial charge >= 0.3 is 0 Å². The third-order valence-corrected chi connectivity index (χ3v) is 24.3. The molecule has 2 aromatic rings. The largest absolute Gasteiger partial charge is 0.396 e. The highest BCUT2D eigenvalue weighted by Crippen LogP contribution is 2.69. The summed E-state index contributed by atoms with van der Waals surface area (Å²) in [5, 5.41) is 31.0. The second-order valence-corrected chi connectivity index (χ2v) is 30.4. The Hall–Kier alpha value is -2.05. The first-order valence-corrected chi connectivity index (χ1v) is 31.2. The van der Waals surface area contributed by atoms with E-state index >= 15 is 0 Å². The molecular weight excluding hydrogens is 960 g/mol. The molecule has 0 aliphatic heterocycles. The van der Waals surface area contributed by atoms with Gasteiger partial charge in [-0.3, -0.25) is 4.18 Å². The third kappa shape index (κ3) is 11.1. The van der Waals surface area contributed by atoms with Crippen LogP contribution in [0, 0.1) is 94.7 Å². The highest BCUT2D eigenvalue weighted by atomic mass is 35.7. The molecule has 0 bridgehead atoms. The van der Waals surface area contributed by atoms with Gasteiger partial charge in [-0.15, -0.1) is 0 Å². The zero-order chi connectivity index (χ0) is 51.7. The van der Waals surface area contributed by atoms with Gasteiger partial charge in [0.2, 0.25) is 0 Å². The van der Waals surface area contributed by atoms with E-state index in [0.717, 1.165) is 73.8 Å². The standard InChI is InChI=1S/C30H44O4S.C23H38O2.C7H7ClO2S.CH4/c1-20-6-9-23(10-7-20)35(32,33)34-19-21(2)25-12-13-26-24-11-8-22-18-28(3,31)16-17-29(22,4)27(24)14-15-30(25,26)5;1-15(14-24)18-7-8-19-17-6-5-16-13-21(2,25)11-12-22(16,3)20(17)9-10-23(18,19)4;1-6-2-4-7(5-3-6)11(8,9)10;/h6-10,21,24-27,31H,11-19H2,1-5H3;5,15,17-20,24-25H,6-14H2,1-4H3;2-5H,1H3;1H4/t21-,24+,25-,26+,27+,28+,29+,30-;15-,17+,18-,19+,20+,21+,22+,23-;;/m11../s1. The van der Waals surface area contributed by atoms with E-state index in [1.807, 2.05) is 39.8 Å². The van der Waals surface area contributed by atoms with Gasteiger partial charge in [0.05, 0.1) is 27.6 Å². The topological polar surface area (TPSA) is 138 Å². The number of benzene rings is 2. The second-order valence-electron chi connectivity index (χ2n) is 26.3. The lowest BCUT2D eigenvalue weighted by atomic mass is 9.46. The molecule has 11 heteroatoms. The maximum absolute atomic E-state index is 12.8. The lowest BCUT2D eigenvalue weighted by Crippen LogP contribution is -2.52. The fourth-order valence-corrected chi connectivity index (χ4v) is 19.2. The van der Waals surface area contributed by atoms with Crippen molar-refractivity contribution in [2.45, 2.75) is 200 Å². The van der Waals surface area contributed by atoms with Crippen molar-refractivity contribution in [2.24, 2.45) is 80.8 Å². The van der Waals surface area contributed by atoms with Crippen molar-refractivity contribution in [3.8, 4) is 0 Å². The van der Waals surface area contributed by atoms with E-state index in [1.54, 1.807) is 29.8 Å². The van der Waals surface area contributed by atoms with Crippen LogP contribution >= 0.6 is 10.7 Å². The molecule has 0 unspecified atom stereocenters. The zero-order valence-corrected chi connectivity index (χ0v) is 47.2. The summed E-state index contributed by atoms with van der Waals surface area (Å²) in [7, 11) is -2.19. The number of hydrogen-bond acceptors (Lipinski definition) is 8. The van der Waals surface area contributed by atoms with Gasteiger partial charge in [0, 0.05) is 17.3 Å². The van der Waals surface area contributed by atoms with Crippen LogP contribution in [-0.4, -0.2) is 56.6 Å². The SMILES string of the molecule is C.C[C@H](CO)[C@H]1CC[C@H]2[C@@H]3CC=C4C[C@@](C)(O)CC[C@]4(C)[C@H]3CC[C@]12C.Cc1ccc(S(=O)(=O)Cl)cc1.Cc1ccc(S(=O)(=O)OC[C@@H](C)[C@H]2CC[C@H]3[C@@H]4CC=C5C[C@@](C)(O)CC[C@]5(C)[C@H]4CC[C@]23C)cc1. The van der Waals surface area contributed by atoms with E-state index in [9.17, 15) is 32.2 Å². The molecule has 10 rings (SSSR count). The first-order chi connectivity index (χ1) is 33.1. The summed E-state index contributed by atoms with van der Waals surface area (Å²) in [5.74, 6) is 6.43. The van der Waals surface area contributed by atoms with Gasteiger partial charge in [0.1, 0.15) is 0 Å². The summed E-state index contributed by atoms with van der Waals surface area (Å²) in [5.41, 5.74) is 5.33. The Bertz CT molecular complexity index is 2520. The molecule has 16 atom stereocenters. The average Bonchev–Trinajstić information content (AvgIpc) is 3.86. The Labute approximate surface area is 441 Å². The second kappa shape index (κ2) is 21.1. The van der Waals surface area contributed by atoms with Crippen LogP contribution in [0.5, 0.6) is 0 Å². The minimum atomic E-state index is -3.73. The molecule has 0 saturated heterocycles. The molecule has 404 valence electrons. The van der Waals surface area contributed by atoms with Gasteiger partial charge in [-0.2, -0.15) is 8.42 Å². The van der Waals surface area contributed by atoms with Gasteiger partial charge in [0.25, 0.3) is 19.2 Å². The van der Waals surface area contributed by atoms with Crippen molar-refractivity contribution in [1.29, 1.82) is 0 Å². The minimum absolute atomic E-state index is 0. The summed E-state index contributed by atoms with van der Waals surface area (Å²) < 4.78 is 52.6. The number of halogens is 1. The number of aryl methyl sites for hydroxylation is 2. The molecule has 0 aromatic heterocycles. The Morgan fingerprint density at radius 1 is 0.583 bits per heavy atom. The van der Waals surface area contributed by atoms with Crippen LogP contribution in [-0.2, 0) is 23.4 Å². The molecule has 0 amide bonds. The summed E-state index contributed by atoms with van der Waals surface area (Å²) in [6.07, 6.45) is 23.5. The zero-order valence-electron chi connectivity index (χ0n) is 44.9. The highest BCUT2D eigenvalue weighted by molar-refractivity contribution is 8.13. The van der Waals surface area contributed by atoms with Crippen molar-refractivity contribution >= 4 is 29.9 Å². The van der Waals surface area contributed by atoms with Gasteiger partial charge < -0.3 is 15.3 Å². The third-order valence-electron chi connectivity index (χ3n) is 21.7. The normalized spacial score (nSPS) is 40.7. The van der Waals surface area contributed by atoms with Crippen molar-refractivity contribution < 1.29 is 36.3 Å². The molecule has 0 radical (unpaired) electrons. The Kier molecular flexibility index (Phi) is 16.9. The van der Waals surface area contributed by atoms with Crippen molar-refractivity contribution in [3.05, 3.63) is 83.0 Å². The molecule has 0 heterocycles. The van der Waals surface area contributed by atoms with E-state index < -0.39 is 30.4 Å². The Morgan fingerprint density at radius 3 is 1.39 bits per heavy atom. The van der Waals surface area contributed by atoms with Crippen molar-refractivity contribution in [2.75, 3.05) is 13.2 Å². The molecule has 6 fully saturated rings. The van der Waals surface area contributed by atoms with Crippen molar-refractivity contribution in [1.82, 2.24) is 0 Å². The molecule has 8 aliphatic carbocycles. The van der Waals surface area contributed by atoms with E-state index in [4.69, 9.17) is 14.9 Å². The fourth-order valence-electron chi connectivity index (χ4n) is 17.5. The molecule has 8 nitrogen and oxygen atoms in total.